The Hall–Kier alpha value is -4.19. The van der Waals surface area contributed by atoms with E-state index in [1.807, 2.05) is 54.6 Å². The number of para-hydroxylation sites is 3. The number of nitrogens with one attached hydrogen (secondary N) is 2. The van der Waals surface area contributed by atoms with Gasteiger partial charge < -0.3 is 9.40 Å². The number of H-pyrrole nitrogens is 1. The van der Waals surface area contributed by atoms with E-state index in [9.17, 15) is 9.59 Å². The smallest absolute Gasteiger partial charge is 0.261 e. The molecule has 0 radical (unpaired) electrons. The molecule has 0 aliphatic rings. The summed E-state index contributed by atoms with van der Waals surface area (Å²) in [5.74, 6) is 0.374. The van der Waals surface area contributed by atoms with Crippen LogP contribution >= 0.6 is 0 Å². The molecule has 0 atom stereocenters. The van der Waals surface area contributed by atoms with Gasteiger partial charge in [-0.1, -0.05) is 48.5 Å². The molecule has 1 amide bonds. The SMILES string of the molecule is Cc1c(-c2ccccc2)oc2c(C(=O)Nc3nc4ccccc4[nH]3)cccc2c1=O. The number of nitrogens with zero attached hydrogens (tertiary/aromatic N) is 1. The summed E-state index contributed by atoms with van der Waals surface area (Å²) < 4.78 is 6.12. The monoisotopic (exact) mass is 395 g/mol. The Morgan fingerprint density at radius 1 is 0.967 bits per heavy atom. The van der Waals surface area contributed by atoms with Crippen molar-refractivity contribution in [2.45, 2.75) is 6.92 Å². The van der Waals surface area contributed by atoms with Gasteiger partial charge in [-0.2, -0.15) is 0 Å². The minimum atomic E-state index is -0.411. The van der Waals surface area contributed by atoms with Gasteiger partial charge in [0.2, 0.25) is 5.95 Å². The Labute approximate surface area is 171 Å². The molecule has 0 aliphatic heterocycles. The van der Waals surface area contributed by atoms with Crippen LogP contribution in [-0.4, -0.2) is 15.9 Å². The summed E-state index contributed by atoms with van der Waals surface area (Å²) in [5, 5.41) is 3.13. The second kappa shape index (κ2) is 7.00. The van der Waals surface area contributed by atoms with Gasteiger partial charge in [0.05, 0.1) is 22.0 Å². The first-order valence-electron chi connectivity index (χ1n) is 9.50. The lowest BCUT2D eigenvalue weighted by molar-refractivity contribution is 0.102. The first kappa shape index (κ1) is 17.9. The molecule has 2 heterocycles. The molecule has 0 unspecified atom stereocenters. The standard InChI is InChI=1S/C24H17N3O3/c1-14-20(28)16-10-7-11-17(22(16)30-21(14)15-8-3-2-4-9-15)23(29)27-24-25-18-12-5-6-13-19(18)26-24/h2-13H,1H3,(H2,25,26,27,29). The quantitative estimate of drug-likeness (QED) is 0.455. The van der Waals surface area contributed by atoms with Crippen LogP contribution in [0.5, 0.6) is 0 Å². The maximum absolute atomic E-state index is 13.0. The number of rotatable bonds is 3. The Bertz CT molecular complexity index is 1430. The second-order valence-corrected chi connectivity index (χ2v) is 6.99. The Morgan fingerprint density at radius 2 is 1.73 bits per heavy atom. The van der Waals surface area contributed by atoms with E-state index in [4.69, 9.17) is 4.42 Å². The summed E-state index contributed by atoms with van der Waals surface area (Å²) in [6.45, 7) is 1.73. The van der Waals surface area contributed by atoms with Crippen LogP contribution in [0.4, 0.5) is 5.95 Å². The molecule has 0 spiro atoms. The molecule has 2 aromatic heterocycles. The first-order chi connectivity index (χ1) is 14.6. The number of imidazole rings is 1. The molecule has 146 valence electrons. The number of hydrogen-bond acceptors (Lipinski definition) is 4. The van der Waals surface area contributed by atoms with Crippen molar-refractivity contribution in [1.29, 1.82) is 0 Å². The number of carbonyl (C=O) groups is 1. The number of benzene rings is 3. The van der Waals surface area contributed by atoms with Gasteiger partial charge in [0.25, 0.3) is 5.91 Å². The van der Waals surface area contributed by atoms with Crippen molar-refractivity contribution in [2.24, 2.45) is 0 Å². The number of aromatic nitrogens is 2. The molecule has 0 saturated heterocycles. The van der Waals surface area contributed by atoms with Crippen LogP contribution in [-0.2, 0) is 0 Å². The molecule has 30 heavy (non-hydrogen) atoms. The van der Waals surface area contributed by atoms with Crippen molar-refractivity contribution >= 4 is 33.9 Å². The lowest BCUT2D eigenvalue weighted by atomic mass is 10.0. The van der Waals surface area contributed by atoms with Gasteiger partial charge in [-0.25, -0.2) is 4.98 Å². The van der Waals surface area contributed by atoms with Crippen molar-refractivity contribution < 1.29 is 9.21 Å². The van der Waals surface area contributed by atoms with Crippen LogP contribution in [0.3, 0.4) is 0 Å². The zero-order valence-corrected chi connectivity index (χ0v) is 16.1. The van der Waals surface area contributed by atoms with E-state index >= 15 is 0 Å². The van der Waals surface area contributed by atoms with Gasteiger partial charge in [0.15, 0.2) is 11.0 Å². The maximum atomic E-state index is 13.0. The van der Waals surface area contributed by atoms with Gasteiger partial charge in [-0.3, -0.25) is 14.9 Å². The summed E-state index contributed by atoms with van der Waals surface area (Å²) in [4.78, 5) is 33.4. The lowest BCUT2D eigenvalue weighted by Gasteiger charge is -2.10. The zero-order valence-electron chi connectivity index (χ0n) is 16.1. The average molecular weight is 395 g/mol. The van der Waals surface area contributed by atoms with Crippen molar-refractivity contribution in [3.63, 3.8) is 0 Å². The molecule has 2 N–H and O–H groups in total. The maximum Gasteiger partial charge on any atom is 0.261 e. The predicted octanol–water partition coefficient (Wildman–Crippen LogP) is 4.90. The molecule has 6 heteroatoms. The van der Waals surface area contributed by atoms with E-state index in [2.05, 4.69) is 15.3 Å². The normalized spacial score (nSPS) is 11.1. The number of aromatic amines is 1. The first-order valence-corrected chi connectivity index (χ1v) is 9.50. The number of hydrogen-bond donors (Lipinski definition) is 2. The van der Waals surface area contributed by atoms with Crippen LogP contribution in [0, 0.1) is 6.92 Å². The van der Waals surface area contributed by atoms with E-state index < -0.39 is 5.91 Å². The number of amides is 1. The van der Waals surface area contributed by atoms with E-state index in [-0.39, 0.29) is 16.6 Å². The van der Waals surface area contributed by atoms with Crippen LogP contribution in [0.2, 0.25) is 0 Å². The lowest BCUT2D eigenvalue weighted by Crippen LogP contribution is -2.15. The molecule has 5 rings (SSSR count). The van der Waals surface area contributed by atoms with E-state index in [0.717, 1.165) is 16.6 Å². The third kappa shape index (κ3) is 2.95. The van der Waals surface area contributed by atoms with Gasteiger partial charge in [0.1, 0.15) is 5.76 Å². The Kier molecular flexibility index (Phi) is 4.17. The largest absolute Gasteiger partial charge is 0.455 e. The number of carbonyl (C=O) groups excluding carboxylic acids is 1. The topological polar surface area (TPSA) is 88.0 Å². The van der Waals surface area contributed by atoms with Crippen LogP contribution in [0.15, 0.2) is 82.0 Å². The highest BCUT2D eigenvalue weighted by Crippen LogP contribution is 2.27. The van der Waals surface area contributed by atoms with E-state index in [1.54, 1.807) is 25.1 Å². The summed E-state index contributed by atoms with van der Waals surface area (Å²) in [5.41, 5.74) is 3.21. The zero-order chi connectivity index (χ0) is 20.7. The van der Waals surface area contributed by atoms with Gasteiger partial charge in [-0.15, -0.1) is 0 Å². The highest BCUT2D eigenvalue weighted by Gasteiger charge is 2.19. The molecule has 0 aliphatic carbocycles. The van der Waals surface area contributed by atoms with Crippen molar-refractivity contribution in [2.75, 3.05) is 5.32 Å². The molecule has 5 aromatic rings. The molecule has 6 nitrogen and oxygen atoms in total. The summed E-state index contributed by atoms with van der Waals surface area (Å²) in [7, 11) is 0. The number of fused-ring (bicyclic) bond motifs is 2. The Balaban J connectivity index is 1.62. The molecular formula is C24H17N3O3. The van der Waals surface area contributed by atoms with Crippen LogP contribution < -0.4 is 10.7 Å². The third-order valence-corrected chi connectivity index (χ3v) is 5.05. The van der Waals surface area contributed by atoms with Crippen molar-refractivity contribution in [3.8, 4) is 11.3 Å². The highest BCUT2D eigenvalue weighted by atomic mass is 16.3. The Morgan fingerprint density at radius 3 is 2.53 bits per heavy atom. The van der Waals surface area contributed by atoms with Crippen molar-refractivity contribution in [1.82, 2.24) is 9.97 Å². The van der Waals surface area contributed by atoms with Gasteiger partial charge >= 0.3 is 0 Å². The third-order valence-electron chi connectivity index (χ3n) is 5.05. The summed E-state index contributed by atoms with van der Waals surface area (Å²) >= 11 is 0. The van der Waals surface area contributed by atoms with Crippen LogP contribution in [0.1, 0.15) is 15.9 Å². The summed E-state index contributed by atoms with van der Waals surface area (Å²) in [6.07, 6.45) is 0. The second-order valence-electron chi connectivity index (χ2n) is 6.99. The predicted molar refractivity (Wildman–Crippen MR) is 117 cm³/mol. The average Bonchev–Trinajstić information content (AvgIpc) is 3.18. The van der Waals surface area contributed by atoms with Crippen LogP contribution in [0.25, 0.3) is 33.3 Å². The van der Waals surface area contributed by atoms with E-state index in [0.29, 0.717) is 22.7 Å². The minimum Gasteiger partial charge on any atom is -0.455 e. The fraction of sp³-hybridized carbons (Fsp3) is 0.0417. The molecule has 3 aromatic carbocycles. The molecule has 0 fully saturated rings. The van der Waals surface area contributed by atoms with Gasteiger partial charge in [-0.05, 0) is 31.2 Å². The summed E-state index contributed by atoms with van der Waals surface area (Å²) in [6, 6.07) is 21.9. The minimum absolute atomic E-state index is 0.159. The molecule has 0 bridgehead atoms. The highest BCUT2D eigenvalue weighted by molar-refractivity contribution is 6.11. The van der Waals surface area contributed by atoms with Crippen molar-refractivity contribution in [3.05, 3.63) is 94.1 Å². The fourth-order valence-corrected chi connectivity index (χ4v) is 3.54. The molecule has 0 saturated carbocycles. The van der Waals surface area contributed by atoms with Gasteiger partial charge in [0, 0.05) is 11.1 Å². The van der Waals surface area contributed by atoms with E-state index in [1.165, 1.54) is 0 Å². The number of anilines is 1. The fourth-order valence-electron chi connectivity index (χ4n) is 3.54. The molecular weight excluding hydrogens is 378 g/mol.